The number of allylic oxidation sites excluding steroid dienone is 2. The molecule has 2 fully saturated rings. The van der Waals surface area contributed by atoms with Crippen LogP contribution in [0.1, 0.15) is 51.5 Å². The Morgan fingerprint density at radius 2 is 1.77 bits per heavy atom. The second kappa shape index (κ2) is 12.5. The number of carbonyl (C=O) groups is 2. The number of nitrogens with one attached hydrogen (secondary N) is 1. The lowest BCUT2D eigenvalue weighted by molar-refractivity contribution is -0.122. The van der Waals surface area contributed by atoms with Crippen molar-refractivity contribution in [1.29, 1.82) is 0 Å². The van der Waals surface area contributed by atoms with Gasteiger partial charge in [0.2, 0.25) is 11.8 Å². The first-order valence-corrected chi connectivity index (χ1v) is 15.9. The van der Waals surface area contributed by atoms with Crippen molar-refractivity contribution in [3.8, 4) is 5.75 Å². The number of aromatic hydroxyl groups is 1. The van der Waals surface area contributed by atoms with Gasteiger partial charge in [-0.05, 0) is 92.8 Å². The van der Waals surface area contributed by atoms with Crippen LogP contribution in [0.4, 0.5) is 17.1 Å². The fourth-order valence-corrected chi connectivity index (χ4v) is 7.36. The number of phenols is 1. The Hall–Kier alpha value is -3.68. The van der Waals surface area contributed by atoms with Crippen LogP contribution >= 0.6 is 15.9 Å². The Morgan fingerprint density at radius 1 is 1.02 bits per heavy atom. The average Bonchev–Trinajstić information content (AvgIpc) is 3.53. The molecule has 3 aromatic rings. The molecular formula is C36H37BrN2O4. The standard InChI is InChI=1S/C36H37BrN2O4/c1-3-7-23-20-29-34(30-21-43-32(33(23)30)17-10-22(2)18-24-19-25(37)11-16-31(24)40)36(42)39(35(29)41)28-14-12-27(13-15-28)38-26-8-5-4-6-9-26/h4-6,8-9,11-16,18-19,29-30,32,34,38,40H,3,7,10,17,20-21H2,1-2H3/b22-18+/t29-,30+,32-,34-/m1/s1. The predicted molar refractivity (Wildman–Crippen MR) is 174 cm³/mol. The zero-order valence-corrected chi connectivity index (χ0v) is 26.1. The minimum atomic E-state index is -0.384. The smallest absolute Gasteiger partial charge is 0.238 e. The first kappa shape index (κ1) is 29.4. The number of carbonyl (C=O) groups excluding carboxylic acids is 2. The molecule has 3 aromatic carbocycles. The van der Waals surface area contributed by atoms with Gasteiger partial charge < -0.3 is 15.2 Å². The highest BCUT2D eigenvalue weighted by atomic mass is 79.9. The number of rotatable bonds is 9. The molecule has 1 aliphatic carbocycles. The van der Waals surface area contributed by atoms with Crippen LogP contribution in [0.25, 0.3) is 6.08 Å². The van der Waals surface area contributed by atoms with Gasteiger partial charge in [0.15, 0.2) is 0 Å². The zero-order valence-electron chi connectivity index (χ0n) is 24.6. The third kappa shape index (κ3) is 5.93. The molecule has 3 aliphatic rings. The number of hydrogen-bond acceptors (Lipinski definition) is 5. The maximum Gasteiger partial charge on any atom is 0.238 e. The zero-order chi connectivity index (χ0) is 30.1. The summed E-state index contributed by atoms with van der Waals surface area (Å²) in [7, 11) is 0. The summed E-state index contributed by atoms with van der Waals surface area (Å²) in [5.74, 6) is -0.741. The third-order valence-electron chi connectivity index (χ3n) is 8.94. The van der Waals surface area contributed by atoms with E-state index < -0.39 is 0 Å². The van der Waals surface area contributed by atoms with E-state index in [0.717, 1.165) is 52.7 Å². The quantitative estimate of drug-likeness (QED) is 0.181. The van der Waals surface area contributed by atoms with Crippen molar-refractivity contribution in [3.05, 3.63) is 99.6 Å². The molecule has 6 rings (SSSR count). The minimum absolute atomic E-state index is 0.0627. The number of fused-ring (bicyclic) bond motifs is 3. The number of hydrogen-bond donors (Lipinski definition) is 2. The second-order valence-corrected chi connectivity index (χ2v) is 12.8. The Labute approximate surface area is 261 Å². The largest absolute Gasteiger partial charge is 0.507 e. The van der Waals surface area contributed by atoms with Crippen LogP contribution in [0.2, 0.25) is 0 Å². The molecule has 2 saturated heterocycles. The lowest BCUT2D eigenvalue weighted by atomic mass is 9.68. The van der Waals surface area contributed by atoms with Crippen molar-refractivity contribution in [2.45, 2.75) is 52.1 Å². The first-order valence-electron chi connectivity index (χ1n) is 15.1. The fourth-order valence-electron chi connectivity index (χ4n) is 6.99. The van der Waals surface area contributed by atoms with E-state index in [1.807, 2.05) is 72.8 Å². The first-order chi connectivity index (χ1) is 20.8. The summed E-state index contributed by atoms with van der Waals surface area (Å²) in [6.45, 7) is 4.70. The van der Waals surface area contributed by atoms with Crippen molar-refractivity contribution < 1.29 is 19.4 Å². The summed E-state index contributed by atoms with van der Waals surface area (Å²) in [5.41, 5.74) is 6.97. The Bertz CT molecular complexity index is 1580. The van der Waals surface area contributed by atoms with Crippen molar-refractivity contribution in [2.24, 2.45) is 17.8 Å². The molecule has 0 bridgehead atoms. The molecule has 43 heavy (non-hydrogen) atoms. The van der Waals surface area contributed by atoms with Crippen molar-refractivity contribution in [3.63, 3.8) is 0 Å². The van der Waals surface area contributed by atoms with E-state index >= 15 is 0 Å². The SMILES string of the molecule is CCCC1=C2[C@@H](CC/C(C)=C/c3cc(Br)ccc3O)OC[C@@H]2[C@@H]2C(=O)N(c3ccc(Nc4ccccc4)cc3)C(=O)[C@@H]2C1. The number of halogens is 1. The molecule has 222 valence electrons. The molecule has 2 amide bonds. The molecule has 4 atom stereocenters. The van der Waals surface area contributed by atoms with Crippen LogP contribution in [-0.2, 0) is 14.3 Å². The number of amides is 2. The molecule has 0 unspecified atom stereocenters. The number of nitrogens with zero attached hydrogens (tertiary/aromatic N) is 1. The lowest BCUT2D eigenvalue weighted by Gasteiger charge is -2.31. The minimum Gasteiger partial charge on any atom is -0.507 e. The highest BCUT2D eigenvalue weighted by Gasteiger charge is 2.57. The van der Waals surface area contributed by atoms with Crippen LogP contribution in [0.3, 0.4) is 0 Å². The second-order valence-electron chi connectivity index (χ2n) is 11.9. The van der Waals surface area contributed by atoms with E-state index in [0.29, 0.717) is 18.7 Å². The van der Waals surface area contributed by atoms with Gasteiger partial charge in [-0.25, -0.2) is 0 Å². The third-order valence-corrected chi connectivity index (χ3v) is 9.43. The number of para-hydroxylation sites is 1. The fraction of sp³-hybridized carbons (Fsp3) is 0.333. The monoisotopic (exact) mass is 640 g/mol. The number of anilines is 3. The van der Waals surface area contributed by atoms with Crippen LogP contribution in [0.5, 0.6) is 5.75 Å². The van der Waals surface area contributed by atoms with Crippen LogP contribution in [0, 0.1) is 17.8 Å². The van der Waals surface area contributed by atoms with Gasteiger partial charge in [0, 0.05) is 27.3 Å². The molecule has 0 radical (unpaired) electrons. The Morgan fingerprint density at radius 3 is 2.51 bits per heavy atom. The molecule has 0 spiro atoms. The van der Waals surface area contributed by atoms with E-state index in [1.54, 1.807) is 6.07 Å². The summed E-state index contributed by atoms with van der Waals surface area (Å²) >= 11 is 3.48. The molecule has 6 nitrogen and oxygen atoms in total. The summed E-state index contributed by atoms with van der Waals surface area (Å²) in [4.78, 5) is 29.1. The van der Waals surface area contributed by atoms with Crippen LogP contribution < -0.4 is 10.2 Å². The van der Waals surface area contributed by atoms with Crippen LogP contribution in [-0.4, -0.2) is 29.6 Å². The van der Waals surface area contributed by atoms with E-state index in [1.165, 1.54) is 16.0 Å². The predicted octanol–water partition coefficient (Wildman–Crippen LogP) is 8.40. The summed E-state index contributed by atoms with van der Waals surface area (Å²) in [5, 5.41) is 13.6. The molecule has 0 aromatic heterocycles. The van der Waals surface area contributed by atoms with E-state index in [4.69, 9.17) is 4.74 Å². The Kier molecular flexibility index (Phi) is 8.55. The average molecular weight is 642 g/mol. The van der Waals surface area contributed by atoms with E-state index in [-0.39, 0.29) is 41.4 Å². The van der Waals surface area contributed by atoms with Gasteiger partial charge in [0.05, 0.1) is 30.2 Å². The normalized spacial score (nSPS) is 23.5. The van der Waals surface area contributed by atoms with Gasteiger partial charge in [-0.3, -0.25) is 14.5 Å². The van der Waals surface area contributed by atoms with Gasteiger partial charge in [-0.1, -0.05) is 64.7 Å². The van der Waals surface area contributed by atoms with E-state index in [2.05, 4.69) is 35.1 Å². The van der Waals surface area contributed by atoms with Gasteiger partial charge in [0.25, 0.3) is 0 Å². The number of ether oxygens (including phenoxy) is 1. The molecule has 7 heteroatoms. The van der Waals surface area contributed by atoms with Gasteiger partial charge in [-0.15, -0.1) is 0 Å². The molecule has 2 N–H and O–H groups in total. The van der Waals surface area contributed by atoms with Gasteiger partial charge >= 0.3 is 0 Å². The van der Waals surface area contributed by atoms with Crippen molar-refractivity contribution >= 4 is 50.9 Å². The highest BCUT2D eigenvalue weighted by molar-refractivity contribution is 9.10. The number of imide groups is 1. The van der Waals surface area contributed by atoms with Crippen molar-refractivity contribution in [1.82, 2.24) is 0 Å². The Balaban J connectivity index is 1.19. The number of benzene rings is 3. The van der Waals surface area contributed by atoms with E-state index in [9.17, 15) is 14.7 Å². The molecular weight excluding hydrogens is 604 g/mol. The van der Waals surface area contributed by atoms with Crippen LogP contribution in [0.15, 0.2) is 94.0 Å². The summed E-state index contributed by atoms with van der Waals surface area (Å²) in [6, 6.07) is 22.8. The maximum atomic E-state index is 13.9. The molecule has 2 heterocycles. The molecule has 2 aliphatic heterocycles. The maximum absolute atomic E-state index is 13.9. The van der Waals surface area contributed by atoms with Gasteiger partial charge in [0.1, 0.15) is 5.75 Å². The van der Waals surface area contributed by atoms with Gasteiger partial charge in [-0.2, -0.15) is 0 Å². The lowest BCUT2D eigenvalue weighted by Crippen LogP contribution is -2.34. The van der Waals surface area contributed by atoms with Crippen molar-refractivity contribution in [2.75, 3.05) is 16.8 Å². The number of phenolic OH excluding ortho intramolecular Hbond substituents is 1. The molecule has 0 saturated carbocycles. The highest BCUT2D eigenvalue weighted by Crippen LogP contribution is 2.51. The summed E-state index contributed by atoms with van der Waals surface area (Å²) < 4.78 is 7.31. The summed E-state index contributed by atoms with van der Waals surface area (Å²) in [6.07, 6.45) is 6.09. The topological polar surface area (TPSA) is 78.9 Å².